The number of thiophene rings is 1. The van der Waals surface area contributed by atoms with Crippen molar-refractivity contribution in [3.63, 3.8) is 0 Å². The predicted molar refractivity (Wildman–Crippen MR) is 93.5 cm³/mol. The lowest BCUT2D eigenvalue weighted by Gasteiger charge is -2.09. The summed E-state index contributed by atoms with van der Waals surface area (Å²) >= 11 is 23.5. The minimum absolute atomic E-state index is 0.307. The van der Waals surface area contributed by atoms with Gasteiger partial charge in [0.1, 0.15) is 10.3 Å². The number of hydrogen-bond donors (Lipinski definition) is 0. The summed E-state index contributed by atoms with van der Waals surface area (Å²) in [4.78, 5) is 9.49. The molecule has 2 heterocycles. The first kappa shape index (κ1) is 15.3. The molecule has 0 fully saturated rings. The third-order valence-electron chi connectivity index (χ3n) is 2.75. The molecule has 3 aromatic rings. The molecule has 0 saturated carbocycles. The molecule has 1 aromatic carbocycles. The summed E-state index contributed by atoms with van der Waals surface area (Å²) in [5.41, 5.74) is 1.46. The Kier molecular flexibility index (Phi) is 4.52. The molecule has 3 rings (SSSR count). The van der Waals surface area contributed by atoms with Crippen molar-refractivity contribution >= 4 is 62.1 Å². The first-order valence-corrected chi connectivity index (χ1v) is 8.59. The second-order valence-electron chi connectivity index (χ2n) is 4.11. The minimum atomic E-state index is 0.307. The third kappa shape index (κ3) is 3.10. The molecule has 0 aliphatic carbocycles. The Labute approximate surface area is 148 Å². The van der Waals surface area contributed by atoms with Crippen LogP contribution in [0.25, 0.3) is 21.8 Å². The van der Waals surface area contributed by atoms with Crippen molar-refractivity contribution in [3.8, 4) is 21.8 Å². The number of benzene rings is 1. The van der Waals surface area contributed by atoms with E-state index in [0.717, 1.165) is 14.9 Å². The van der Waals surface area contributed by atoms with E-state index in [1.165, 1.54) is 11.3 Å². The average Bonchev–Trinajstić information content (AvgIpc) is 2.87. The second kappa shape index (κ2) is 6.23. The van der Waals surface area contributed by atoms with Gasteiger partial charge >= 0.3 is 0 Å². The Bertz CT molecular complexity index is 796. The molecule has 0 aliphatic heterocycles. The molecule has 0 saturated heterocycles. The van der Waals surface area contributed by atoms with E-state index >= 15 is 0 Å². The average molecular weight is 421 g/mol. The van der Waals surface area contributed by atoms with Crippen LogP contribution in [-0.4, -0.2) is 9.97 Å². The van der Waals surface area contributed by atoms with Crippen LogP contribution in [0.4, 0.5) is 0 Å². The van der Waals surface area contributed by atoms with Crippen molar-refractivity contribution in [2.24, 2.45) is 0 Å². The quantitative estimate of drug-likeness (QED) is 0.437. The summed E-state index contributed by atoms with van der Waals surface area (Å²) in [5.74, 6) is 0.470. The number of rotatable bonds is 2. The van der Waals surface area contributed by atoms with Crippen LogP contribution in [0.3, 0.4) is 0 Å². The van der Waals surface area contributed by atoms with E-state index in [1.807, 2.05) is 29.6 Å². The largest absolute Gasteiger partial charge is 0.215 e. The molecule has 0 amide bonds. The Balaban J connectivity index is 2.15. The Morgan fingerprint density at radius 1 is 1.00 bits per heavy atom. The van der Waals surface area contributed by atoms with Crippen LogP contribution in [0.5, 0.6) is 0 Å². The van der Waals surface area contributed by atoms with Gasteiger partial charge in [0.2, 0.25) is 0 Å². The van der Waals surface area contributed by atoms with Crippen LogP contribution in [0, 0.1) is 0 Å². The Morgan fingerprint density at radius 2 is 1.67 bits per heavy atom. The molecule has 106 valence electrons. The summed E-state index contributed by atoms with van der Waals surface area (Å²) in [7, 11) is 0. The fraction of sp³-hybridized carbons (Fsp3) is 0. The number of nitrogens with zero attached hydrogens (tertiary/aromatic N) is 2. The SMILES string of the molecule is Clc1csc(-c2nc(Cl)c(-c3ccccc3Br)c(Cl)n2)c1. The van der Waals surface area contributed by atoms with Gasteiger partial charge < -0.3 is 0 Å². The zero-order valence-corrected chi connectivity index (χ0v) is 14.9. The first-order valence-electron chi connectivity index (χ1n) is 5.78. The minimum Gasteiger partial charge on any atom is -0.215 e. The van der Waals surface area contributed by atoms with Crippen LogP contribution in [-0.2, 0) is 0 Å². The highest BCUT2D eigenvalue weighted by Crippen LogP contribution is 2.38. The summed E-state index contributed by atoms with van der Waals surface area (Å²) in [6.45, 7) is 0. The predicted octanol–water partition coefficient (Wildman–Crippen LogP) is 6.59. The molecule has 0 aliphatic rings. The van der Waals surface area contributed by atoms with Crippen molar-refractivity contribution in [2.45, 2.75) is 0 Å². The van der Waals surface area contributed by atoms with Crippen molar-refractivity contribution < 1.29 is 0 Å². The lowest BCUT2D eigenvalue weighted by Crippen LogP contribution is -1.94. The zero-order chi connectivity index (χ0) is 15.0. The number of aromatic nitrogens is 2. The molecular weight excluding hydrogens is 414 g/mol. The number of halogens is 4. The highest BCUT2D eigenvalue weighted by molar-refractivity contribution is 9.10. The molecule has 0 atom stereocenters. The van der Waals surface area contributed by atoms with Gasteiger partial charge in [-0.1, -0.05) is 68.9 Å². The fourth-order valence-corrected chi connectivity index (χ4v) is 3.92. The van der Waals surface area contributed by atoms with Crippen molar-refractivity contribution in [3.05, 3.63) is 55.5 Å². The van der Waals surface area contributed by atoms with Crippen molar-refractivity contribution in [1.29, 1.82) is 0 Å². The van der Waals surface area contributed by atoms with E-state index in [-0.39, 0.29) is 0 Å². The highest BCUT2D eigenvalue weighted by atomic mass is 79.9. The molecule has 2 aromatic heterocycles. The van der Waals surface area contributed by atoms with Crippen molar-refractivity contribution in [2.75, 3.05) is 0 Å². The first-order chi connectivity index (χ1) is 10.1. The molecule has 21 heavy (non-hydrogen) atoms. The molecule has 0 spiro atoms. The van der Waals surface area contributed by atoms with Gasteiger partial charge in [-0.15, -0.1) is 11.3 Å². The standard InChI is InChI=1S/C14H6BrCl3N2S/c15-9-4-2-1-3-8(9)11-12(17)19-14(20-13(11)18)10-5-7(16)6-21-10/h1-6H. The van der Waals surface area contributed by atoms with E-state index in [4.69, 9.17) is 34.8 Å². The van der Waals surface area contributed by atoms with Crippen LogP contribution < -0.4 is 0 Å². The van der Waals surface area contributed by atoms with Gasteiger partial charge in [-0.2, -0.15) is 0 Å². The molecule has 0 radical (unpaired) electrons. The summed E-state index contributed by atoms with van der Waals surface area (Å²) < 4.78 is 0.879. The van der Waals surface area contributed by atoms with E-state index in [2.05, 4.69) is 25.9 Å². The van der Waals surface area contributed by atoms with Gasteiger partial charge in [-0.3, -0.25) is 0 Å². The van der Waals surface area contributed by atoms with Gasteiger partial charge in [0.15, 0.2) is 5.82 Å². The number of hydrogen-bond acceptors (Lipinski definition) is 3. The highest BCUT2D eigenvalue weighted by Gasteiger charge is 2.17. The molecule has 0 N–H and O–H groups in total. The Morgan fingerprint density at radius 3 is 2.24 bits per heavy atom. The summed E-state index contributed by atoms with van der Waals surface area (Å²) in [6, 6.07) is 9.42. The van der Waals surface area contributed by atoms with Gasteiger partial charge in [0.25, 0.3) is 0 Å². The van der Waals surface area contributed by atoms with E-state index in [9.17, 15) is 0 Å². The molecule has 0 bridgehead atoms. The maximum absolute atomic E-state index is 6.31. The van der Waals surface area contributed by atoms with Gasteiger partial charge in [0.05, 0.1) is 15.5 Å². The van der Waals surface area contributed by atoms with Gasteiger partial charge in [0, 0.05) is 15.4 Å². The summed E-state index contributed by atoms with van der Waals surface area (Å²) in [6.07, 6.45) is 0. The lowest BCUT2D eigenvalue weighted by molar-refractivity contribution is 1.19. The normalized spacial score (nSPS) is 10.9. The van der Waals surface area contributed by atoms with Crippen LogP contribution in [0.2, 0.25) is 15.3 Å². The van der Waals surface area contributed by atoms with Crippen molar-refractivity contribution in [1.82, 2.24) is 9.97 Å². The molecular formula is C14H6BrCl3N2S. The van der Waals surface area contributed by atoms with Crippen LogP contribution in [0.15, 0.2) is 40.2 Å². The summed E-state index contributed by atoms with van der Waals surface area (Å²) in [5, 5.41) is 3.06. The van der Waals surface area contributed by atoms with Gasteiger partial charge in [-0.05, 0) is 12.1 Å². The van der Waals surface area contributed by atoms with E-state index < -0.39 is 0 Å². The molecule has 2 nitrogen and oxygen atoms in total. The monoisotopic (exact) mass is 418 g/mol. The van der Waals surface area contributed by atoms with Crippen LogP contribution >= 0.6 is 62.1 Å². The second-order valence-corrected chi connectivity index (χ2v) is 7.03. The smallest absolute Gasteiger partial charge is 0.172 e. The lowest BCUT2D eigenvalue weighted by atomic mass is 10.1. The Hall–Kier alpha value is -0.650. The maximum atomic E-state index is 6.31. The topological polar surface area (TPSA) is 25.8 Å². The molecule has 0 unspecified atom stereocenters. The molecule has 7 heteroatoms. The van der Waals surface area contributed by atoms with E-state index in [1.54, 1.807) is 6.07 Å². The fourth-order valence-electron chi connectivity index (χ4n) is 1.83. The maximum Gasteiger partial charge on any atom is 0.172 e. The van der Waals surface area contributed by atoms with E-state index in [0.29, 0.717) is 26.7 Å². The zero-order valence-electron chi connectivity index (χ0n) is 10.3. The third-order valence-corrected chi connectivity index (χ3v) is 5.26. The van der Waals surface area contributed by atoms with Gasteiger partial charge in [-0.25, -0.2) is 9.97 Å². The van der Waals surface area contributed by atoms with Crippen LogP contribution in [0.1, 0.15) is 0 Å².